The Hall–Kier alpha value is 0.210. The average molecular weight is 234 g/mol. The summed E-state index contributed by atoms with van der Waals surface area (Å²) in [4.78, 5) is 18.9. The first-order chi connectivity index (χ1) is 3.46. The number of hydrogen-bond acceptors (Lipinski definition) is 2. The average Bonchev–Trinajstić information content (AvgIpc) is 1.25. The van der Waals surface area contributed by atoms with Gasteiger partial charge in [0.25, 0.3) is 0 Å². The van der Waals surface area contributed by atoms with Gasteiger partial charge in [0.2, 0.25) is 0 Å². The summed E-state index contributed by atoms with van der Waals surface area (Å²) in [6.45, 7) is 6.11. The van der Waals surface area contributed by atoms with Gasteiger partial charge in [0, 0.05) is 0 Å². The van der Waals surface area contributed by atoms with E-state index >= 15 is 0 Å². The molecule has 0 aromatic rings. The molecule has 0 saturated heterocycles. The van der Waals surface area contributed by atoms with Gasteiger partial charge in [-0.2, -0.15) is 0 Å². The van der Waals surface area contributed by atoms with E-state index in [4.69, 9.17) is 0 Å². The number of Topliss-reactive ketones (excluding diaryl/α,β-unsaturated/α-hetero) is 2. The Balaban J connectivity index is -0.0000000720. The first-order valence-corrected chi connectivity index (χ1v) is 2.41. The fraction of sp³-hybridized carbons (Fsp3) is 0.667. The van der Waals surface area contributed by atoms with Crippen LogP contribution >= 0.6 is 0 Å². The van der Waals surface area contributed by atoms with Gasteiger partial charge in [-0.05, 0) is 27.7 Å². The van der Waals surface area contributed by atoms with Gasteiger partial charge in [-0.25, -0.2) is 0 Å². The molecule has 0 bridgehead atoms. The second-order valence-electron chi connectivity index (χ2n) is 1.82. The second-order valence-corrected chi connectivity index (χ2v) is 1.82. The number of carbonyl (C=O) groups excluding carboxylic acids is 2. The molecule has 0 fully saturated rings. The van der Waals surface area contributed by atoms with Gasteiger partial charge >= 0.3 is 25.8 Å². The topological polar surface area (TPSA) is 34.1 Å². The summed E-state index contributed by atoms with van der Waals surface area (Å²) in [6, 6.07) is 0. The molecular formula is C6H15InO2. The van der Waals surface area contributed by atoms with Gasteiger partial charge in [0.15, 0.2) is 0 Å². The Labute approximate surface area is 74.8 Å². The number of carbonyl (C=O) groups is 2. The molecule has 3 heteroatoms. The fourth-order valence-electron chi connectivity index (χ4n) is 0. The molecule has 0 saturated carbocycles. The molecule has 0 unspecified atom stereocenters. The van der Waals surface area contributed by atoms with Crippen LogP contribution < -0.4 is 0 Å². The molecule has 0 aromatic heterocycles. The Morgan fingerprint density at radius 3 is 0.778 bits per heavy atom. The third-order valence-corrected chi connectivity index (χ3v) is 0. The van der Waals surface area contributed by atoms with Gasteiger partial charge in [-0.1, -0.05) is 0 Å². The number of rotatable bonds is 0. The van der Waals surface area contributed by atoms with E-state index in [-0.39, 0.29) is 37.4 Å². The molecule has 54 valence electrons. The van der Waals surface area contributed by atoms with Crippen molar-refractivity contribution in [1.82, 2.24) is 0 Å². The van der Waals surface area contributed by atoms with E-state index in [1.807, 2.05) is 0 Å². The summed E-state index contributed by atoms with van der Waals surface area (Å²) in [5.41, 5.74) is 0. The summed E-state index contributed by atoms with van der Waals surface area (Å²) in [5.74, 6) is 0.333. The van der Waals surface area contributed by atoms with E-state index in [0.29, 0.717) is 0 Å². The van der Waals surface area contributed by atoms with Crippen molar-refractivity contribution in [2.75, 3.05) is 0 Å². The SMILES string of the molecule is CC(C)=O.CC(C)=O.[InH3]. The van der Waals surface area contributed by atoms with Gasteiger partial charge in [0.1, 0.15) is 11.6 Å². The zero-order valence-electron chi connectivity index (χ0n) is 5.82. The van der Waals surface area contributed by atoms with Crippen LogP contribution in [0.4, 0.5) is 0 Å². The molecule has 9 heavy (non-hydrogen) atoms. The van der Waals surface area contributed by atoms with Gasteiger partial charge in [-0.3, -0.25) is 0 Å². The van der Waals surface area contributed by atoms with Crippen LogP contribution in [0.1, 0.15) is 27.7 Å². The molecule has 0 N–H and O–H groups in total. The van der Waals surface area contributed by atoms with Crippen molar-refractivity contribution in [3.63, 3.8) is 0 Å². The third kappa shape index (κ3) is 7170. The van der Waals surface area contributed by atoms with Gasteiger partial charge < -0.3 is 9.59 Å². The van der Waals surface area contributed by atoms with Crippen LogP contribution in [0.2, 0.25) is 0 Å². The van der Waals surface area contributed by atoms with Gasteiger partial charge in [0.05, 0.1) is 0 Å². The summed E-state index contributed by atoms with van der Waals surface area (Å²) in [6.07, 6.45) is 0. The van der Waals surface area contributed by atoms with Crippen molar-refractivity contribution in [3.05, 3.63) is 0 Å². The summed E-state index contributed by atoms with van der Waals surface area (Å²) >= 11 is 0. The monoisotopic (exact) mass is 234 g/mol. The number of hydrogen-bond donors (Lipinski definition) is 0. The van der Waals surface area contributed by atoms with E-state index in [1.54, 1.807) is 0 Å². The van der Waals surface area contributed by atoms with Crippen LogP contribution in [-0.4, -0.2) is 37.4 Å². The molecule has 0 aromatic carbocycles. The van der Waals surface area contributed by atoms with Crippen molar-refractivity contribution in [2.24, 2.45) is 0 Å². The van der Waals surface area contributed by atoms with Crippen molar-refractivity contribution < 1.29 is 9.59 Å². The van der Waals surface area contributed by atoms with Crippen LogP contribution in [0, 0.1) is 0 Å². The van der Waals surface area contributed by atoms with Crippen molar-refractivity contribution in [1.29, 1.82) is 0 Å². The zero-order valence-corrected chi connectivity index (χ0v) is 5.82. The normalized spacial score (nSPS) is 5.78. The molecule has 0 radical (unpaired) electrons. The summed E-state index contributed by atoms with van der Waals surface area (Å²) < 4.78 is 0. The Morgan fingerprint density at radius 1 is 0.778 bits per heavy atom. The Bertz CT molecular complexity index is 69.1. The molecule has 0 atom stereocenters. The standard InChI is InChI=1S/2C3H6O.In.3H/c2*1-3(2)4;;;;/h2*1-2H3;;;;. The Morgan fingerprint density at radius 2 is 0.778 bits per heavy atom. The minimum absolute atomic E-state index is 0. The van der Waals surface area contributed by atoms with Gasteiger partial charge in [-0.15, -0.1) is 0 Å². The quantitative estimate of drug-likeness (QED) is 0.591. The van der Waals surface area contributed by atoms with Crippen LogP contribution in [0.15, 0.2) is 0 Å². The molecular weight excluding hydrogens is 219 g/mol. The molecule has 2 nitrogen and oxygen atoms in total. The van der Waals surface area contributed by atoms with E-state index < -0.39 is 0 Å². The molecule has 0 heterocycles. The Kier molecular flexibility index (Phi) is 19.8. The molecule has 0 aliphatic rings. The fourth-order valence-corrected chi connectivity index (χ4v) is 0. The van der Waals surface area contributed by atoms with Crippen LogP contribution in [0.5, 0.6) is 0 Å². The maximum absolute atomic E-state index is 9.44. The van der Waals surface area contributed by atoms with Crippen LogP contribution in [-0.2, 0) is 9.59 Å². The maximum atomic E-state index is 9.44. The second kappa shape index (κ2) is 11.1. The minimum atomic E-state index is 0. The predicted octanol–water partition coefficient (Wildman–Crippen LogP) is 0.00670. The summed E-state index contributed by atoms with van der Waals surface area (Å²) in [5, 5.41) is 0. The molecule has 0 amide bonds. The zero-order chi connectivity index (χ0) is 7.15. The van der Waals surface area contributed by atoms with Crippen molar-refractivity contribution >= 4 is 37.4 Å². The molecule has 0 spiro atoms. The first kappa shape index (κ1) is 16.1. The van der Waals surface area contributed by atoms with E-state index in [9.17, 15) is 9.59 Å². The third-order valence-electron chi connectivity index (χ3n) is 0. The van der Waals surface area contributed by atoms with Crippen LogP contribution in [0.25, 0.3) is 0 Å². The van der Waals surface area contributed by atoms with Crippen LogP contribution in [0.3, 0.4) is 0 Å². The predicted molar refractivity (Wildman–Crippen MR) is 42.6 cm³/mol. The number of ketones is 2. The van der Waals surface area contributed by atoms with Crippen molar-refractivity contribution in [2.45, 2.75) is 27.7 Å². The first-order valence-electron chi connectivity index (χ1n) is 2.41. The van der Waals surface area contributed by atoms with E-state index in [2.05, 4.69) is 0 Å². The summed E-state index contributed by atoms with van der Waals surface area (Å²) in [7, 11) is 0. The van der Waals surface area contributed by atoms with Crippen molar-refractivity contribution in [3.8, 4) is 0 Å². The molecule has 0 aliphatic carbocycles. The molecule has 0 rings (SSSR count). The van der Waals surface area contributed by atoms with E-state index in [0.717, 1.165) is 0 Å². The van der Waals surface area contributed by atoms with E-state index in [1.165, 1.54) is 27.7 Å². The molecule has 0 aliphatic heterocycles.